The van der Waals surface area contributed by atoms with Crippen molar-refractivity contribution in [3.8, 4) is 10.4 Å². The van der Waals surface area contributed by atoms with E-state index < -0.39 is 0 Å². The first kappa shape index (κ1) is 9.43. The molecule has 3 aromatic rings. The van der Waals surface area contributed by atoms with Gasteiger partial charge in [-0.15, -0.1) is 11.3 Å². The van der Waals surface area contributed by atoms with Crippen molar-refractivity contribution >= 4 is 27.1 Å². The van der Waals surface area contributed by atoms with E-state index in [-0.39, 0.29) is 0 Å². The second-order valence-electron chi connectivity index (χ2n) is 3.76. The van der Waals surface area contributed by atoms with Crippen LogP contribution in [0, 0.1) is 0 Å². The third-order valence-electron chi connectivity index (χ3n) is 2.66. The summed E-state index contributed by atoms with van der Waals surface area (Å²) in [6, 6.07) is 18.9. The van der Waals surface area contributed by atoms with Gasteiger partial charge in [-0.25, -0.2) is 0 Å². The minimum Gasteiger partial charge on any atom is -0.391 e. The Hall–Kier alpha value is -1.80. The van der Waals surface area contributed by atoms with Crippen LogP contribution in [0.3, 0.4) is 0 Å². The molecule has 16 heavy (non-hydrogen) atoms. The van der Waals surface area contributed by atoms with E-state index >= 15 is 0 Å². The number of hydrogen-bond acceptors (Lipinski definition) is 2. The lowest BCUT2D eigenvalue weighted by molar-refractivity contribution is 1.73. The van der Waals surface area contributed by atoms with E-state index in [1.807, 2.05) is 6.07 Å². The van der Waals surface area contributed by atoms with Crippen LogP contribution in [0.5, 0.6) is 0 Å². The van der Waals surface area contributed by atoms with Crippen LogP contribution in [-0.2, 0) is 0 Å². The number of thiophene rings is 1. The molecule has 0 aliphatic carbocycles. The van der Waals surface area contributed by atoms with Gasteiger partial charge in [-0.05, 0) is 34.5 Å². The average Bonchev–Trinajstić information content (AvgIpc) is 2.75. The molecule has 2 heteroatoms. The summed E-state index contributed by atoms with van der Waals surface area (Å²) in [5, 5.41) is 3.41. The number of nitrogens with two attached hydrogens (primary N) is 1. The molecule has 2 aromatic carbocycles. The quantitative estimate of drug-likeness (QED) is 0.661. The van der Waals surface area contributed by atoms with Gasteiger partial charge in [0.1, 0.15) is 0 Å². The molecular formula is C14H11NS. The predicted molar refractivity (Wildman–Crippen MR) is 71.7 cm³/mol. The predicted octanol–water partition coefficient (Wildman–Crippen LogP) is 4.15. The van der Waals surface area contributed by atoms with Crippen molar-refractivity contribution in [1.82, 2.24) is 0 Å². The largest absolute Gasteiger partial charge is 0.391 e. The first-order valence-electron chi connectivity index (χ1n) is 5.17. The Kier molecular flexibility index (Phi) is 2.15. The number of fused-ring (bicyclic) bond motifs is 1. The van der Waals surface area contributed by atoms with E-state index in [1.165, 1.54) is 21.2 Å². The Bertz CT molecular complexity index is 640. The van der Waals surface area contributed by atoms with Gasteiger partial charge in [-0.1, -0.05) is 36.4 Å². The lowest BCUT2D eigenvalue weighted by atomic mass is 10.1. The standard InChI is InChI=1S/C14H11NS/c15-14-8-7-13(16-14)12-6-5-10-3-1-2-4-11(10)9-12/h1-9H,15H2. The number of nitrogen functional groups attached to an aromatic ring is 1. The van der Waals surface area contributed by atoms with Crippen molar-refractivity contribution in [3.63, 3.8) is 0 Å². The molecule has 2 N–H and O–H groups in total. The molecule has 78 valence electrons. The average molecular weight is 225 g/mol. The molecule has 0 bridgehead atoms. The number of hydrogen-bond donors (Lipinski definition) is 1. The Morgan fingerprint density at radius 3 is 2.38 bits per heavy atom. The second-order valence-corrected chi connectivity index (χ2v) is 4.88. The minimum absolute atomic E-state index is 0.864. The fourth-order valence-corrected chi connectivity index (χ4v) is 2.62. The van der Waals surface area contributed by atoms with Crippen molar-refractivity contribution in [2.24, 2.45) is 0 Å². The number of anilines is 1. The summed E-state index contributed by atoms with van der Waals surface area (Å²) in [5.74, 6) is 0. The highest BCUT2D eigenvalue weighted by Gasteiger charge is 2.01. The summed E-state index contributed by atoms with van der Waals surface area (Å²) in [7, 11) is 0. The minimum atomic E-state index is 0.864. The van der Waals surface area contributed by atoms with Crippen LogP contribution in [0.15, 0.2) is 54.6 Å². The highest BCUT2D eigenvalue weighted by Crippen LogP contribution is 2.31. The molecular weight excluding hydrogens is 214 g/mol. The molecule has 3 rings (SSSR count). The molecule has 0 saturated carbocycles. The summed E-state index contributed by atoms with van der Waals surface area (Å²) in [6.07, 6.45) is 0. The zero-order valence-corrected chi connectivity index (χ0v) is 9.50. The number of rotatable bonds is 1. The fourth-order valence-electron chi connectivity index (χ4n) is 1.85. The highest BCUT2D eigenvalue weighted by atomic mass is 32.1. The van der Waals surface area contributed by atoms with Gasteiger partial charge in [0.2, 0.25) is 0 Å². The monoisotopic (exact) mass is 225 g/mol. The van der Waals surface area contributed by atoms with Crippen molar-refractivity contribution in [3.05, 3.63) is 54.6 Å². The SMILES string of the molecule is Nc1ccc(-c2ccc3ccccc3c2)s1. The van der Waals surface area contributed by atoms with Gasteiger partial charge < -0.3 is 5.73 Å². The Morgan fingerprint density at radius 2 is 1.62 bits per heavy atom. The van der Waals surface area contributed by atoms with E-state index in [2.05, 4.69) is 48.5 Å². The molecule has 0 amide bonds. The fraction of sp³-hybridized carbons (Fsp3) is 0. The van der Waals surface area contributed by atoms with Crippen LogP contribution in [0.2, 0.25) is 0 Å². The summed E-state index contributed by atoms with van der Waals surface area (Å²) in [6.45, 7) is 0. The first-order valence-corrected chi connectivity index (χ1v) is 5.99. The maximum absolute atomic E-state index is 5.75. The maximum Gasteiger partial charge on any atom is 0.0862 e. The van der Waals surface area contributed by atoms with Gasteiger partial charge in [0.25, 0.3) is 0 Å². The van der Waals surface area contributed by atoms with Crippen LogP contribution in [-0.4, -0.2) is 0 Å². The zero-order valence-electron chi connectivity index (χ0n) is 8.68. The maximum atomic E-state index is 5.75. The van der Waals surface area contributed by atoms with Crippen LogP contribution in [0.25, 0.3) is 21.2 Å². The molecule has 0 radical (unpaired) electrons. The first-order chi connectivity index (χ1) is 7.83. The van der Waals surface area contributed by atoms with Crippen molar-refractivity contribution in [2.45, 2.75) is 0 Å². The third-order valence-corrected chi connectivity index (χ3v) is 3.62. The lowest BCUT2D eigenvalue weighted by Gasteiger charge is -2.01. The smallest absolute Gasteiger partial charge is 0.0862 e. The highest BCUT2D eigenvalue weighted by molar-refractivity contribution is 7.19. The van der Waals surface area contributed by atoms with Gasteiger partial charge >= 0.3 is 0 Å². The van der Waals surface area contributed by atoms with E-state index in [0.717, 1.165) is 5.00 Å². The molecule has 0 spiro atoms. The normalized spacial score (nSPS) is 10.8. The van der Waals surface area contributed by atoms with Crippen LogP contribution >= 0.6 is 11.3 Å². The van der Waals surface area contributed by atoms with Gasteiger partial charge in [0.05, 0.1) is 5.00 Å². The Morgan fingerprint density at radius 1 is 0.812 bits per heavy atom. The molecule has 0 fully saturated rings. The number of benzene rings is 2. The summed E-state index contributed by atoms with van der Waals surface area (Å²) < 4.78 is 0. The van der Waals surface area contributed by atoms with E-state index in [0.29, 0.717) is 0 Å². The Balaban J connectivity index is 2.18. The van der Waals surface area contributed by atoms with E-state index in [4.69, 9.17) is 5.73 Å². The summed E-state index contributed by atoms with van der Waals surface area (Å²) in [4.78, 5) is 1.23. The van der Waals surface area contributed by atoms with Crippen LogP contribution in [0.1, 0.15) is 0 Å². The molecule has 0 aliphatic rings. The molecule has 1 aromatic heterocycles. The summed E-state index contributed by atoms with van der Waals surface area (Å²) in [5.41, 5.74) is 6.98. The molecule has 0 unspecified atom stereocenters. The Labute approximate surface area is 98.2 Å². The lowest BCUT2D eigenvalue weighted by Crippen LogP contribution is -1.75. The van der Waals surface area contributed by atoms with E-state index in [1.54, 1.807) is 11.3 Å². The van der Waals surface area contributed by atoms with Gasteiger partial charge in [-0.3, -0.25) is 0 Å². The molecule has 0 aliphatic heterocycles. The van der Waals surface area contributed by atoms with Crippen molar-refractivity contribution in [2.75, 3.05) is 5.73 Å². The van der Waals surface area contributed by atoms with E-state index in [9.17, 15) is 0 Å². The molecule has 1 nitrogen and oxygen atoms in total. The van der Waals surface area contributed by atoms with Crippen molar-refractivity contribution in [1.29, 1.82) is 0 Å². The van der Waals surface area contributed by atoms with Gasteiger partial charge in [-0.2, -0.15) is 0 Å². The zero-order chi connectivity index (χ0) is 11.0. The topological polar surface area (TPSA) is 26.0 Å². The molecule has 0 atom stereocenters. The van der Waals surface area contributed by atoms with Gasteiger partial charge in [0, 0.05) is 4.88 Å². The third kappa shape index (κ3) is 1.57. The molecule has 1 heterocycles. The van der Waals surface area contributed by atoms with Crippen LogP contribution < -0.4 is 5.73 Å². The second kappa shape index (κ2) is 3.65. The van der Waals surface area contributed by atoms with Crippen LogP contribution in [0.4, 0.5) is 5.00 Å². The summed E-state index contributed by atoms with van der Waals surface area (Å²) >= 11 is 1.63. The van der Waals surface area contributed by atoms with Crippen molar-refractivity contribution < 1.29 is 0 Å². The van der Waals surface area contributed by atoms with Gasteiger partial charge in [0.15, 0.2) is 0 Å². The molecule has 0 saturated heterocycles.